The number of carbonyl (C=O) groups excluding carboxylic acids is 2. The minimum absolute atomic E-state index is 0.133. The van der Waals surface area contributed by atoms with Crippen molar-refractivity contribution < 1.29 is 14.3 Å². The molecular weight excluding hydrogens is 446 g/mol. The molecule has 8 nitrogen and oxygen atoms in total. The molecule has 1 aromatic heterocycles. The maximum absolute atomic E-state index is 12.2. The van der Waals surface area contributed by atoms with Crippen molar-refractivity contribution in [3.8, 4) is 5.75 Å². The fraction of sp³-hybridized carbons (Fsp3) is 0.273. The van der Waals surface area contributed by atoms with Crippen LogP contribution in [-0.2, 0) is 9.59 Å². The lowest BCUT2D eigenvalue weighted by atomic mass is 10.1. The van der Waals surface area contributed by atoms with Crippen molar-refractivity contribution in [2.75, 3.05) is 30.0 Å². The summed E-state index contributed by atoms with van der Waals surface area (Å²) < 4.78 is 5.91. The van der Waals surface area contributed by atoms with Gasteiger partial charge in [0.2, 0.25) is 16.9 Å². The monoisotopic (exact) mass is 471 g/mol. The predicted molar refractivity (Wildman–Crippen MR) is 129 cm³/mol. The number of amides is 2. The van der Waals surface area contributed by atoms with E-state index in [0.29, 0.717) is 20.9 Å². The molecule has 10 heteroatoms. The van der Waals surface area contributed by atoms with E-state index in [1.807, 2.05) is 38.1 Å². The topological polar surface area (TPSA) is 105 Å². The molecule has 0 fully saturated rings. The van der Waals surface area contributed by atoms with E-state index in [1.54, 1.807) is 6.07 Å². The van der Waals surface area contributed by atoms with Crippen LogP contribution in [0.3, 0.4) is 0 Å². The zero-order chi connectivity index (χ0) is 23.1. The molecule has 0 radical (unpaired) electrons. The number of hydrogen-bond acceptors (Lipinski definition) is 8. The average Bonchev–Trinajstić information content (AvgIpc) is 3.21. The number of nitrogens with zero attached hydrogens (tertiary/aromatic N) is 2. The first kappa shape index (κ1) is 23.6. The number of aromatic nitrogens is 2. The van der Waals surface area contributed by atoms with Gasteiger partial charge in [0.25, 0.3) is 0 Å². The number of aryl methyl sites for hydroxylation is 2. The zero-order valence-electron chi connectivity index (χ0n) is 18.3. The van der Waals surface area contributed by atoms with Crippen molar-refractivity contribution in [1.82, 2.24) is 15.5 Å². The van der Waals surface area contributed by atoms with Crippen molar-refractivity contribution >= 4 is 51.4 Å². The minimum Gasteiger partial charge on any atom is -0.495 e. The number of benzene rings is 2. The molecule has 0 bridgehead atoms. The van der Waals surface area contributed by atoms with Gasteiger partial charge in [-0.1, -0.05) is 41.3 Å². The predicted octanol–water partition coefficient (Wildman–Crippen LogP) is 4.06. The summed E-state index contributed by atoms with van der Waals surface area (Å²) in [7, 11) is 1.54. The van der Waals surface area contributed by atoms with Gasteiger partial charge < -0.3 is 20.7 Å². The number of hydrogen-bond donors (Lipinski definition) is 3. The highest BCUT2D eigenvalue weighted by molar-refractivity contribution is 8.01. The Balaban J connectivity index is 1.45. The van der Waals surface area contributed by atoms with Gasteiger partial charge in [0, 0.05) is 5.69 Å². The lowest BCUT2D eigenvalue weighted by molar-refractivity contribution is -0.122. The van der Waals surface area contributed by atoms with Crippen LogP contribution >= 0.6 is 23.1 Å². The third-order valence-electron chi connectivity index (χ3n) is 4.65. The molecule has 32 heavy (non-hydrogen) atoms. The Hall–Kier alpha value is -3.11. The van der Waals surface area contributed by atoms with Crippen LogP contribution in [0.4, 0.5) is 16.5 Å². The largest absolute Gasteiger partial charge is 0.495 e. The fourth-order valence-corrected chi connectivity index (χ4v) is 4.39. The highest BCUT2D eigenvalue weighted by Gasteiger charge is 2.12. The first-order valence-electron chi connectivity index (χ1n) is 9.86. The lowest BCUT2D eigenvalue weighted by Gasteiger charge is -2.11. The lowest BCUT2D eigenvalue weighted by Crippen LogP contribution is -2.34. The van der Waals surface area contributed by atoms with Crippen molar-refractivity contribution in [3.63, 3.8) is 0 Å². The Labute approximate surface area is 195 Å². The molecule has 0 saturated heterocycles. The van der Waals surface area contributed by atoms with Gasteiger partial charge in [-0.3, -0.25) is 9.59 Å². The van der Waals surface area contributed by atoms with Gasteiger partial charge in [-0.15, -0.1) is 10.2 Å². The van der Waals surface area contributed by atoms with E-state index in [4.69, 9.17) is 4.74 Å². The second-order valence-electron chi connectivity index (χ2n) is 7.06. The molecule has 0 atom stereocenters. The molecule has 0 aliphatic rings. The summed E-state index contributed by atoms with van der Waals surface area (Å²) in [5.74, 6) is 0.107. The maximum Gasteiger partial charge on any atom is 0.243 e. The number of carbonyl (C=O) groups is 2. The van der Waals surface area contributed by atoms with E-state index in [0.717, 1.165) is 16.8 Å². The summed E-state index contributed by atoms with van der Waals surface area (Å²) in [6.45, 7) is 5.89. The van der Waals surface area contributed by atoms with Crippen LogP contribution in [0, 0.1) is 20.8 Å². The molecule has 0 spiro atoms. The molecule has 1 heterocycles. The Morgan fingerprint density at radius 3 is 2.66 bits per heavy atom. The van der Waals surface area contributed by atoms with Crippen molar-refractivity contribution in [1.29, 1.82) is 0 Å². The third-order valence-corrected chi connectivity index (χ3v) is 6.63. The molecule has 168 valence electrons. The van der Waals surface area contributed by atoms with E-state index in [9.17, 15) is 9.59 Å². The van der Waals surface area contributed by atoms with Crippen LogP contribution in [0.5, 0.6) is 5.75 Å². The normalized spacial score (nSPS) is 10.5. The molecule has 2 aromatic carbocycles. The molecule has 3 N–H and O–H groups in total. The summed E-state index contributed by atoms with van der Waals surface area (Å²) in [5, 5.41) is 17.5. The molecule has 3 rings (SSSR count). The first-order valence-corrected chi connectivity index (χ1v) is 11.7. The highest BCUT2D eigenvalue weighted by atomic mass is 32.2. The number of ether oxygens (including phenoxy) is 1. The quantitative estimate of drug-likeness (QED) is 0.404. The number of methoxy groups -OCH3 is 1. The van der Waals surface area contributed by atoms with Crippen LogP contribution in [-0.4, -0.2) is 41.4 Å². The van der Waals surface area contributed by atoms with Gasteiger partial charge >= 0.3 is 0 Å². The Bertz CT molecular complexity index is 1120. The van der Waals surface area contributed by atoms with Gasteiger partial charge in [-0.25, -0.2) is 0 Å². The van der Waals surface area contributed by atoms with Crippen molar-refractivity contribution in [3.05, 3.63) is 53.1 Å². The van der Waals surface area contributed by atoms with Gasteiger partial charge in [-0.05, 0) is 55.7 Å². The first-order chi connectivity index (χ1) is 15.4. The van der Waals surface area contributed by atoms with Gasteiger partial charge in [-0.2, -0.15) is 0 Å². The van der Waals surface area contributed by atoms with E-state index < -0.39 is 0 Å². The number of rotatable bonds is 9. The summed E-state index contributed by atoms with van der Waals surface area (Å²) in [4.78, 5) is 24.3. The molecule has 3 aromatic rings. The minimum atomic E-state index is -0.330. The number of nitrogens with one attached hydrogen (secondary N) is 3. The third kappa shape index (κ3) is 6.44. The maximum atomic E-state index is 12.2. The Morgan fingerprint density at radius 1 is 1.06 bits per heavy atom. The standard InChI is InChI=1S/C22H25N5O3S2/c1-13-8-9-18(30-4)17(10-13)24-19(28)11-23-20(29)12-31-22-27-26-21(32-22)25-16-7-5-6-14(2)15(16)3/h5-10H,11-12H2,1-4H3,(H,23,29)(H,24,28)(H,25,26). The summed E-state index contributed by atoms with van der Waals surface area (Å²) in [6, 6.07) is 11.5. The van der Waals surface area contributed by atoms with E-state index in [-0.39, 0.29) is 24.1 Å². The molecule has 2 amide bonds. The second-order valence-corrected chi connectivity index (χ2v) is 9.26. The van der Waals surface area contributed by atoms with Gasteiger partial charge in [0.05, 0.1) is 25.1 Å². The van der Waals surface area contributed by atoms with Crippen LogP contribution < -0.4 is 20.7 Å². The highest BCUT2D eigenvalue weighted by Crippen LogP contribution is 2.29. The van der Waals surface area contributed by atoms with Crippen molar-refractivity contribution in [2.24, 2.45) is 0 Å². The van der Waals surface area contributed by atoms with E-state index >= 15 is 0 Å². The Morgan fingerprint density at radius 2 is 1.88 bits per heavy atom. The molecular formula is C22H25N5O3S2. The smallest absolute Gasteiger partial charge is 0.243 e. The van der Waals surface area contributed by atoms with Gasteiger partial charge in [0.15, 0.2) is 4.34 Å². The second kappa shape index (κ2) is 11.0. The van der Waals surface area contributed by atoms with Crippen LogP contribution in [0.1, 0.15) is 16.7 Å². The molecule has 0 unspecified atom stereocenters. The van der Waals surface area contributed by atoms with Gasteiger partial charge in [0.1, 0.15) is 5.75 Å². The van der Waals surface area contributed by atoms with Crippen LogP contribution in [0.25, 0.3) is 0 Å². The number of thioether (sulfide) groups is 1. The SMILES string of the molecule is COc1ccc(C)cc1NC(=O)CNC(=O)CSc1nnc(Nc2cccc(C)c2C)s1. The van der Waals surface area contributed by atoms with E-state index in [2.05, 4.69) is 39.1 Å². The molecule has 0 saturated carbocycles. The molecule has 0 aliphatic heterocycles. The average molecular weight is 472 g/mol. The number of anilines is 3. The van der Waals surface area contributed by atoms with Crippen LogP contribution in [0.2, 0.25) is 0 Å². The summed E-state index contributed by atoms with van der Waals surface area (Å²) in [5.41, 5.74) is 4.88. The van der Waals surface area contributed by atoms with E-state index in [1.165, 1.54) is 35.8 Å². The summed E-state index contributed by atoms with van der Waals surface area (Å²) >= 11 is 2.64. The summed E-state index contributed by atoms with van der Waals surface area (Å²) in [6.07, 6.45) is 0. The molecule has 0 aliphatic carbocycles. The Kier molecular flexibility index (Phi) is 8.07. The fourth-order valence-electron chi connectivity index (χ4n) is 2.79. The zero-order valence-corrected chi connectivity index (χ0v) is 19.9. The van der Waals surface area contributed by atoms with Crippen LogP contribution in [0.15, 0.2) is 40.7 Å². The van der Waals surface area contributed by atoms with Crippen molar-refractivity contribution in [2.45, 2.75) is 25.1 Å².